The number of carbonyl (C=O) groups excluding carboxylic acids is 1. The third kappa shape index (κ3) is 2.17. The molecule has 0 bridgehead atoms. The van der Waals surface area contributed by atoms with Gasteiger partial charge in [0, 0.05) is 37.2 Å². The van der Waals surface area contributed by atoms with Gasteiger partial charge >= 0.3 is 0 Å². The van der Waals surface area contributed by atoms with Crippen LogP contribution in [-0.2, 0) is 11.8 Å². The summed E-state index contributed by atoms with van der Waals surface area (Å²) < 4.78 is 7.24. The van der Waals surface area contributed by atoms with E-state index in [9.17, 15) is 4.79 Å². The third-order valence-corrected chi connectivity index (χ3v) is 4.66. The summed E-state index contributed by atoms with van der Waals surface area (Å²) in [5, 5.41) is 4.23. The fraction of sp³-hybridized carbons (Fsp3) is 0.500. The molecule has 1 saturated heterocycles. The van der Waals surface area contributed by atoms with Gasteiger partial charge in [-0.25, -0.2) is 0 Å². The Bertz CT molecular complexity index is 646. The minimum absolute atomic E-state index is 0.105. The Morgan fingerprint density at radius 2 is 2.38 bits per heavy atom. The second-order valence-electron chi connectivity index (χ2n) is 6.10. The van der Waals surface area contributed by atoms with E-state index >= 15 is 0 Å². The standard InChI is InChI=1S/C16H19N3O2/c1-18-10-11(9-17-18)14-4-2-6-19(14)16(20)13-8-12(13)15-5-3-7-21-15/h3,5,7,9-10,12-14H,2,4,6,8H2,1H3/t12-,13+,14+/m1/s1. The zero-order valence-corrected chi connectivity index (χ0v) is 12.1. The minimum atomic E-state index is 0.105. The van der Waals surface area contributed by atoms with Crippen molar-refractivity contribution in [3.8, 4) is 0 Å². The summed E-state index contributed by atoms with van der Waals surface area (Å²) >= 11 is 0. The van der Waals surface area contributed by atoms with Crippen molar-refractivity contribution < 1.29 is 9.21 Å². The van der Waals surface area contributed by atoms with Gasteiger partial charge in [0.05, 0.1) is 18.5 Å². The van der Waals surface area contributed by atoms with Gasteiger partial charge in [-0.1, -0.05) is 0 Å². The number of hydrogen-bond donors (Lipinski definition) is 0. The monoisotopic (exact) mass is 285 g/mol. The van der Waals surface area contributed by atoms with E-state index in [1.54, 1.807) is 10.9 Å². The van der Waals surface area contributed by atoms with Gasteiger partial charge < -0.3 is 9.32 Å². The first-order valence-electron chi connectivity index (χ1n) is 7.56. The molecule has 21 heavy (non-hydrogen) atoms. The van der Waals surface area contributed by atoms with Gasteiger partial charge in [-0.05, 0) is 31.4 Å². The van der Waals surface area contributed by atoms with Crippen LogP contribution < -0.4 is 0 Å². The first kappa shape index (κ1) is 12.7. The molecule has 2 fully saturated rings. The predicted molar refractivity (Wildman–Crippen MR) is 76.5 cm³/mol. The van der Waals surface area contributed by atoms with Crippen LogP contribution in [0.2, 0.25) is 0 Å². The number of hydrogen-bond acceptors (Lipinski definition) is 3. The summed E-state index contributed by atoms with van der Waals surface area (Å²) in [5.41, 5.74) is 1.15. The van der Waals surface area contributed by atoms with Crippen LogP contribution in [0.3, 0.4) is 0 Å². The summed E-state index contributed by atoms with van der Waals surface area (Å²) in [4.78, 5) is 14.8. The molecule has 1 amide bonds. The Morgan fingerprint density at radius 1 is 1.48 bits per heavy atom. The summed E-state index contributed by atoms with van der Waals surface area (Å²) in [7, 11) is 1.92. The molecular weight excluding hydrogens is 266 g/mol. The van der Waals surface area contributed by atoms with Gasteiger partial charge in [-0.15, -0.1) is 0 Å². The largest absolute Gasteiger partial charge is 0.469 e. The van der Waals surface area contributed by atoms with E-state index in [1.165, 1.54) is 0 Å². The molecule has 0 spiro atoms. The number of rotatable bonds is 3. The maximum atomic E-state index is 12.8. The normalized spacial score (nSPS) is 28.0. The van der Waals surface area contributed by atoms with Crippen molar-refractivity contribution in [2.24, 2.45) is 13.0 Å². The lowest BCUT2D eigenvalue weighted by Crippen LogP contribution is -2.32. The van der Waals surface area contributed by atoms with E-state index in [0.717, 1.165) is 37.1 Å². The van der Waals surface area contributed by atoms with Crippen LogP contribution in [0.4, 0.5) is 0 Å². The van der Waals surface area contributed by atoms with Crippen LogP contribution in [0.25, 0.3) is 0 Å². The number of amides is 1. The lowest BCUT2D eigenvalue weighted by Gasteiger charge is -2.24. The fourth-order valence-corrected chi connectivity index (χ4v) is 3.49. The SMILES string of the molecule is Cn1cc([C@@H]2CCCN2C(=O)[C@H]2C[C@H]2c2ccco2)cn1. The van der Waals surface area contributed by atoms with Gasteiger partial charge in [-0.3, -0.25) is 9.48 Å². The molecule has 1 saturated carbocycles. The molecule has 110 valence electrons. The van der Waals surface area contributed by atoms with Crippen LogP contribution in [0, 0.1) is 5.92 Å². The zero-order valence-electron chi connectivity index (χ0n) is 12.1. The number of aromatic nitrogens is 2. The summed E-state index contributed by atoms with van der Waals surface area (Å²) in [6.45, 7) is 0.861. The van der Waals surface area contributed by atoms with Gasteiger partial charge in [-0.2, -0.15) is 5.10 Å². The molecular formula is C16H19N3O2. The second-order valence-corrected chi connectivity index (χ2v) is 6.10. The molecule has 2 aliphatic rings. The molecule has 0 aromatic carbocycles. The Kier molecular flexibility index (Phi) is 2.87. The lowest BCUT2D eigenvalue weighted by atomic mass is 10.1. The molecule has 3 atom stereocenters. The molecule has 4 rings (SSSR count). The van der Waals surface area contributed by atoms with Crippen LogP contribution in [0.1, 0.15) is 42.5 Å². The van der Waals surface area contributed by atoms with E-state index in [2.05, 4.69) is 5.10 Å². The van der Waals surface area contributed by atoms with Crippen molar-refractivity contribution in [1.82, 2.24) is 14.7 Å². The van der Waals surface area contributed by atoms with E-state index in [4.69, 9.17) is 4.42 Å². The van der Waals surface area contributed by atoms with Gasteiger partial charge in [0.15, 0.2) is 0 Å². The molecule has 1 aliphatic carbocycles. The molecule has 0 radical (unpaired) electrons. The average molecular weight is 285 g/mol. The van der Waals surface area contributed by atoms with Crippen molar-refractivity contribution in [2.45, 2.75) is 31.2 Å². The lowest BCUT2D eigenvalue weighted by molar-refractivity contribution is -0.133. The molecule has 2 aromatic heterocycles. The van der Waals surface area contributed by atoms with E-state index < -0.39 is 0 Å². The summed E-state index contributed by atoms with van der Waals surface area (Å²) in [6, 6.07) is 4.06. The maximum Gasteiger partial charge on any atom is 0.226 e. The van der Waals surface area contributed by atoms with Crippen LogP contribution in [0.5, 0.6) is 0 Å². The van der Waals surface area contributed by atoms with Gasteiger partial charge in [0.25, 0.3) is 0 Å². The van der Waals surface area contributed by atoms with Crippen LogP contribution in [0.15, 0.2) is 35.2 Å². The fourth-order valence-electron chi connectivity index (χ4n) is 3.49. The highest BCUT2D eigenvalue weighted by Gasteiger charge is 2.49. The smallest absolute Gasteiger partial charge is 0.226 e. The van der Waals surface area contributed by atoms with Crippen molar-refractivity contribution in [3.05, 3.63) is 42.1 Å². The van der Waals surface area contributed by atoms with E-state index in [0.29, 0.717) is 0 Å². The minimum Gasteiger partial charge on any atom is -0.469 e. The van der Waals surface area contributed by atoms with Crippen molar-refractivity contribution in [3.63, 3.8) is 0 Å². The third-order valence-electron chi connectivity index (χ3n) is 4.66. The van der Waals surface area contributed by atoms with E-state index in [-0.39, 0.29) is 23.8 Å². The quantitative estimate of drug-likeness (QED) is 0.870. The van der Waals surface area contributed by atoms with Crippen molar-refractivity contribution >= 4 is 5.91 Å². The molecule has 5 nitrogen and oxygen atoms in total. The van der Waals surface area contributed by atoms with E-state index in [1.807, 2.05) is 36.5 Å². The molecule has 3 heterocycles. The second kappa shape index (κ2) is 4.76. The first-order valence-corrected chi connectivity index (χ1v) is 7.56. The van der Waals surface area contributed by atoms with Crippen molar-refractivity contribution in [2.75, 3.05) is 6.54 Å². The van der Waals surface area contributed by atoms with Gasteiger partial charge in [0.2, 0.25) is 5.91 Å². The Hall–Kier alpha value is -2.04. The topological polar surface area (TPSA) is 51.3 Å². The number of carbonyl (C=O) groups is 1. The Labute approximate surface area is 123 Å². The highest BCUT2D eigenvalue weighted by Crippen LogP contribution is 2.50. The van der Waals surface area contributed by atoms with Crippen molar-refractivity contribution in [1.29, 1.82) is 0 Å². The summed E-state index contributed by atoms with van der Waals surface area (Å²) in [6.07, 6.45) is 8.62. The number of nitrogens with zero attached hydrogens (tertiary/aromatic N) is 3. The number of likely N-dealkylation sites (tertiary alicyclic amines) is 1. The number of furan rings is 1. The number of aryl methyl sites for hydroxylation is 1. The van der Waals surface area contributed by atoms with Gasteiger partial charge in [0.1, 0.15) is 5.76 Å². The highest BCUT2D eigenvalue weighted by molar-refractivity contribution is 5.83. The maximum absolute atomic E-state index is 12.8. The molecule has 5 heteroatoms. The summed E-state index contributed by atoms with van der Waals surface area (Å²) in [5.74, 6) is 1.62. The van der Waals surface area contributed by atoms with Crippen LogP contribution >= 0.6 is 0 Å². The zero-order chi connectivity index (χ0) is 14.4. The first-order chi connectivity index (χ1) is 10.2. The van der Waals surface area contributed by atoms with Crippen LogP contribution in [-0.4, -0.2) is 27.1 Å². The Balaban J connectivity index is 1.49. The predicted octanol–water partition coefficient (Wildman–Crippen LogP) is 2.48. The molecule has 0 unspecified atom stereocenters. The molecule has 1 aliphatic heterocycles. The molecule has 0 N–H and O–H groups in total. The highest BCUT2D eigenvalue weighted by atomic mass is 16.3. The average Bonchev–Trinajstić information content (AvgIpc) is 2.95. The Morgan fingerprint density at radius 3 is 3.10 bits per heavy atom. The molecule has 2 aromatic rings.